The van der Waals surface area contributed by atoms with Gasteiger partial charge in [-0.25, -0.2) is 5.06 Å². The number of carbonyl (C=O) groups is 1. The van der Waals surface area contributed by atoms with Gasteiger partial charge in [0.25, 0.3) is 0 Å². The highest BCUT2D eigenvalue weighted by molar-refractivity contribution is 5.72. The molecule has 0 aromatic carbocycles. The molecular weight excluding hydrogens is 274 g/mol. The lowest BCUT2D eigenvalue weighted by Crippen LogP contribution is -2.35. The number of hydroxylamine groups is 2. The molecule has 0 aromatic rings. The van der Waals surface area contributed by atoms with Crippen LogP contribution in [-0.4, -0.2) is 24.1 Å². The first-order valence-corrected chi connectivity index (χ1v) is 9.47. The third kappa shape index (κ3) is 12.0. The van der Waals surface area contributed by atoms with Gasteiger partial charge in [-0.2, -0.15) is 0 Å². The highest BCUT2D eigenvalue weighted by Gasteiger charge is 2.15. The van der Waals surface area contributed by atoms with Gasteiger partial charge in [-0.05, 0) is 13.3 Å². The summed E-state index contributed by atoms with van der Waals surface area (Å²) in [6.45, 7) is 5.89. The van der Waals surface area contributed by atoms with E-state index in [0.29, 0.717) is 0 Å². The summed E-state index contributed by atoms with van der Waals surface area (Å²) >= 11 is 0. The number of hydrogen-bond donors (Lipinski definition) is 0. The lowest BCUT2D eigenvalue weighted by atomic mass is 10.0. The van der Waals surface area contributed by atoms with Gasteiger partial charge in [-0.3, -0.25) is 9.63 Å². The van der Waals surface area contributed by atoms with Crippen molar-refractivity contribution in [2.24, 2.45) is 0 Å². The van der Waals surface area contributed by atoms with Gasteiger partial charge in [0.05, 0.1) is 13.2 Å². The molecule has 0 saturated carbocycles. The second kappa shape index (κ2) is 15.3. The number of rotatable bonds is 15. The Balaban J connectivity index is 3.31. The summed E-state index contributed by atoms with van der Waals surface area (Å²) in [6, 6.07) is 0.186. The molecule has 1 atom stereocenters. The maximum atomic E-state index is 11.3. The molecule has 0 fully saturated rings. The first-order valence-electron chi connectivity index (χ1n) is 9.47. The first kappa shape index (κ1) is 21.4. The number of hydrogen-bond acceptors (Lipinski definition) is 2. The highest BCUT2D eigenvalue weighted by Crippen LogP contribution is 2.14. The molecule has 1 amide bonds. The van der Waals surface area contributed by atoms with Crippen LogP contribution in [-0.2, 0) is 9.63 Å². The van der Waals surface area contributed by atoms with Crippen molar-refractivity contribution in [1.82, 2.24) is 5.06 Å². The molecule has 0 spiro atoms. The molecule has 0 aromatic heterocycles. The van der Waals surface area contributed by atoms with Crippen LogP contribution in [0.4, 0.5) is 0 Å². The third-order valence-corrected chi connectivity index (χ3v) is 4.38. The Kier molecular flexibility index (Phi) is 14.9. The number of nitrogens with zero attached hydrogens (tertiary/aromatic N) is 1. The number of unbranched alkanes of at least 4 members (excludes halogenated alkanes) is 11. The van der Waals surface area contributed by atoms with Crippen molar-refractivity contribution in [1.29, 1.82) is 0 Å². The maximum absolute atomic E-state index is 11.3. The topological polar surface area (TPSA) is 29.5 Å². The van der Waals surface area contributed by atoms with E-state index < -0.39 is 0 Å². The van der Waals surface area contributed by atoms with Crippen molar-refractivity contribution in [2.75, 3.05) is 7.11 Å². The molecule has 0 rings (SSSR count). The van der Waals surface area contributed by atoms with Gasteiger partial charge in [-0.1, -0.05) is 84.0 Å². The van der Waals surface area contributed by atoms with Crippen molar-refractivity contribution in [3.05, 3.63) is 0 Å². The van der Waals surface area contributed by atoms with Crippen LogP contribution < -0.4 is 0 Å². The molecule has 0 aliphatic heterocycles. The highest BCUT2D eigenvalue weighted by atomic mass is 16.7. The Bertz CT molecular complexity index is 256. The smallest absolute Gasteiger partial charge is 0.243 e. The summed E-state index contributed by atoms with van der Waals surface area (Å²) in [6.07, 6.45) is 17.4. The lowest BCUT2D eigenvalue weighted by Gasteiger charge is -2.25. The predicted octanol–water partition coefficient (Wildman–Crippen LogP) is 5.88. The molecule has 22 heavy (non-hydrogen) atoms. The van der Waals surface area contributed by atoms with Crippen molar-refractivity contribution in [2.45, 2.75) is 110 Å². The van der Waals surface area contributed by atoms with E-state index in [9.17, 15) is 4.79 Å². The van der Waals surface area contributed by atoms with Crippen molar-refractivity contribution >= 4 is 5.91 Å². The first-order chi connectivity index (χ1) is 10.6. The van der Waals surface area contributed by atoms with E-state index in [1.54, 1.807) is 14.0 Å². The van der Waals surface area contributed by atoms with Crippen LogP contribution in [0.15, 0.2) is 0 Å². The lowest BCUT2D eigenvalue weighted by molar-refractivity contribution is -0.185. The summed E-state index contributed by atoms with van der Waals surface area (Å²) in [5.41, 5.74) is 0. The quantitative estimate of drug-likeness (QED) is 0.279. The van der Waals surface area contributed by atoms with Gasteiger partial charge in [0, 0.05) is 6.92 Å². The molecule has 0 saturated heterocycles. The predicted molar refractivity (Wildman–Crippen MR) is 94.7 cm³/mol. The van der Waals surface area contributed by atoms with Gasteiger partial charge in [0.2, 0.25) is 5.91 Å². The molecule has 0 N–H and O–H groups in total. The van der Waals surface area contributed by atoms with Crippen LogP contribution in [0.2, 0.25) is 0 Å². The Morgan fingerprint density at radius 1 is 0.864 bits per heavy atom. The number of amides is 1. The Hall–Kier alpha value is -0.570. The molecule has 0 aliphatic carbocycles. The van der Waals surface area contributed by atoms with Gasteiger partial charge in [0.1, 0.15) is 0 Å². The van der Waals surface area contributed by atoms with E-state index in [1.165, 1.54) is 82.1 Å². The minimum Gasteiger partial charge on any atom is -0.274 e. The Labute approximate surface area is 138 Å². The molecule has 0 radical (unpaired) electrons. The summed E-state index contributed by atoms with van der Waals surface area (Å²) in [5.74, 6) is -0.00561. The summed E-state index contributed by atoms with van der Waals surface area (Å²) < 4.78 is 0. The molecule has 3 nitrogen and oxygen atoms in total. The zero-order chi connectivity index (χ0) is 16.6. The zero-order valence-corrected chi connectivity index (χ0v) is 15.5. The van der Waals surface area contributed by atoms with Gasteiger partial charge in [0.15, 0.2) is 0 Å². The van der Waals surface area contributed by atoms with E-state index in [1.807, 2.05) is 0 Å². The summed E-state index contributed by atoms with van der Waals surface area (Å²) in [5, 5.41) is 1.48. The Morgan fingerprint density at radius 2 is 1.27 bits per heavy atom. The fraction of sp³-hybridized carbons (Fsp3) is 0.947. The standard InChI is InChI=1S/C19H39NO2/c1-5-6-7-8-9-10-11-12-13-14-15-16-17-18(2)20(22-4)19(3)21/h18H,5-17H2,1-4H3. The zero-order valence-electron chi connectivity index (χ0n) is 15.5. The monoisotopic (exact) mass is 313 g/mol. The van der Waals surface area contributed by atoms with Crippen LogP contribution in [0.5, 0.6) is 0 Å². The van der Waals surface area contributed by atoms with E-state index in [2.05, 4.69) is 13.8 Å². The van der Waals surface area contributed by atoms with Crippen molar-refractivity contribution in [3.63, 3.8) is 0 Å². The van der Waals surface area contributed by atoms with E-state index >= 15 is 0 Å². The molecule has 0 bridgehead atoms. The average Bonchev–Trinajstić information content (AvgIpc) is 2.48. The largest absolute Gasteiger partial charge is 0.274 e. The molecule has 0 aliphatic rings. The Morgan fingerprint density at radius 3 is 1.64 bits per heavy atom. The van der Waals surface area contributed by atoms with Crippen LogP contribution in [0.1, 0.15) is 104 Å². The van der Waals surface area contributed by atoms with Gasteiger partial charge >= 0.3 is 0 Å². The molecule has 132 valence electrons. The van der Waals surface area contributed by atoms with Crippen LogP contribution >= 0.6 is 0 Å². The fourth-order valence-electron chi connectivity index (χ4n) is 3.02. The van der Waals surface area contributed by atoms with Crippen molar-refractivity contribution < 1.29 is 9.63 Å². The fourth-order valence-corrected chi connectivity index (χ4v) is 3.02. The second-order valence-electron chi connectivity index (χ2n) is 6.55. The summed E-state index contributed by atoms with van der Waals surface area (Å²) in [4.78, 5) is 16.5. The molecular formula is C19H39NO2. The summed E-state index contributed by atoms with van der Waals surface area (Å²) in [7, 11) is 1.57. The van der Waals surface area contributed by atoms with E-state index in [0.717, 1.165) is 6.42 Å². The molecule has 1 unspecified atom stereocenters. The number of carbonyl (C=O) groups excluding carboxylic acids is 1. The van der Waals surface area contributed by atoms with Crippen LogP contribution in [0, 0.1) is 0 Å². The van der Waals surface area contributed by atoms with Crippen LogP contribution in [0.25, 0.3) is 0 Å². The van der Waals surface area contributed by atoms with Crippen LogP contribution in [0.3, 0.4) is 0 Å². The van der Waals surface area contributed by atoms with Crippen molar-refractivity contribution in [3.8, 4) is 0 Å². The maximum Gasteiger partial charge on any atom is 0.243 e. The normalized spacial score (nSPS) is 12.4. The average molecular weight is 314 g/mol. The second-order valence-corrected chi connectivity index (χ2v) is 6.55. The SMILES string of the molecule is CCCCCCCCCCCCCCC(C)N(OC)C(C)=O. The molecule has 3 heteroatoms. The van der Waals surface area contributed by atoms with Gasteiger partial charge in [-0.15, -0.1) is 0 Å². The van der Waals surface area contributed by atoms with E-state index in [4.69, 9.17) is 4.84 Å². The molecule has 0 heterocycles. The van der Waals surface area contributed by atoms with Gasteiger partial charge < -0.3 is 0 Å². The third-order valence-electron chi connectivity index (χ3n) is 4.38. The van der Waals surface area contributed by atoms with E-state index in [-0.39, 0.29) is 11.9 Å². The minimum absolute atomic E-state index is 0.00561. The minimum atomic E-state index is -0.00561.